The zero-order valence-corrected chi connectivity index (χ0v) is 10.5. The molecule has 0 saturated heterocycles. The molecule has 2 atom stereocenters. The highest BCUT2D eigenvalue weighted by atomic mass is 32.1. The van der Waals surface area contributed by atoms with E-state index >= 15 is 0 Å². The van der Waals surface area contributed by atoms with Crippen LogP contribution in [0.4, 0.5) is 0 Å². The topological polar surface area (TPSA) is 46.2 Å². The molecule has 3 heteroatoms. The van der Waals surface area contributed by atoms with Crippen molar-refractivity contribution in [1.82, 2.24) is 0 Å². The van der Waals surface area contributed by atoms with E-state index in [1.807, 2.05) is 17.5 Å². The van der Waals surface area contributed by atoms with Crippen LogP contribution in [-0.4, -0.2) is 11.1 Å². The Labute approximate surface area is 101 Å². The summed E-state index contributed by atoms with van der Waals surface area (Å²) in [5, 5.41) is 12.1. The maximum Gasteiger partial charge on any atom is 0.103 e. The van der Waals surface area contributed by atoms with E-state index in [0.717, 1.165) is 17.2 Å². The molecule has 0 aliphatic heterocycles. The number of aliphatic hydroxyl groups excluding tert-OH is 1. The smallest absolute Gasteiger partial charge is 0.103 e. The summed E-state index contributed by atoms with van der Waals surface area (Å²) in [5.74, 6) is 0.735. The van der Waals surface area contributed by atoms with Crippen LogP contribution < -0.4 is 5.73 Å². The highest BCUT2D eigenvalue weighted by Gasteiger charge is 2.23. The van der Waals surface area contributed by atoms with Crippen molar-refractivity contribution >= 4 is 11.3 Å². The first kappa shape index (κ1) is 12.1. The summed E-state index contributed by atoms with van der Waals surface area (Å²) in [5.41, 5.74) is 6.10. The summed E-state index contributed by atoms with van der Waals surface area (Å²) in [6.07, 6.45) is 7.15. The lowest BCUT2D eigenvalue weighted by Crippen LogP contribution is -2.31. The van der Waals surface area contributed by atoms with Crippen LogP contribution in [-0.2, 0) is 0 Å². The van der Waals surface area contributed by atoms with Gasteiger partial charge >= 0.3 is 0 Å². The minimum absolute atomic E-state index is 0.0956. The van der Waals surface area contributed by atoms with Crippen LogP contribution in [0, 0.1) is 5.92 Å². The molecule has 2 rings (SSSR count). The van der Waals surface area contributed by atoms with Gasteiger partial charge in [-0.15, -0.1) is 11.3 Å². The second kappa shape index (κ2) is 5.80. The summed E-state index contributed by atoms with van der Waals surface area (Å²) in [6.45, 7) is 0. The van der Waals surface area contributed by atoms with Gasteiger partial charge in [-0.3, -0.25) is 0 Å². The van der Waals surface area contributed by atoms with Crippen LogP contribution in [0.2, 0.25) is 0 Å². The minimum Gasteiger partial charge on any atom is -0.386 e. The molecule has 0 aromatic carbocycles. The molecule has 1 heterocycles. The summed E-state index contributed by atoms with van der Waals surface area (Å²) < 4.78 is 0. The fourth-order valence-corrected chi connectivity index (χ4v) is 3.39. The molecular weight excluding hydrogens is 218 g/mol. The standard InChI is InChI=1S/C13H21NOS/c14-11(9-10-5-2-1-3-6-10)13(15)12-7-4-8-16-12/h4,7-8,10-11,13,15H,1-3,5-6,9,14H2/t11?,13-/m1/s1. The minimum atomic E-state index is -0.470. The zero-order chi connectivity index (χ0) is 11.4. The highest BCUT2D eigenvalue weighted by molar-refractivity contribution is 7.10. The molecule has 1 aliphatic carbocycles. The first-order valence-corrected chi connectivity index (χ1v) is 7.12. The molecule has 0 amide bonds. The van der Waals surface area contributed by atoms with Gasteiger partial charge in [-0.2, -0.15) is 0 Å². The van der Waals surface area contributed by atoms with Crippen molar-refractivity contribution in [3.05, 3.63) is 22.4 Å². The predicted molar refractivity (Wildman–Crippen MR) is 68.4 cm³/mol. The van der Waals surface area contributed by atoms with E-state index in [1.165, 1.54) is 32.1 Å². The third-order valence-electron chi connectivity index (χ3n) is 3.57. The van der Waals surface area contributed by atoms with E-state index < -0.39 is 6.10 Å². The Morgan fingerprint density at radius 1 is 1.38 bits per heavy atom. The Morgan fingerprint density at radius 2 is 2.12 bits per heavy atom. The van der Waals surface area contributed by atoms with Crippen LogP contribution in [0.3, 0.4) is 0 Å². The fourth-order valence-electron chi connectivity index (χ4n) is 2.61. The van der Waals surface area contributed by atoms with Gasteiger partial charge in [0, 0.05) is 10.9 Å². The summed E-state index contributed by atoms with van der Waals surface area (Å²) in [4.78, 5) is 1.00. The molecule has 1 saturated carbocycles. The molecule has 1 fully saturated rings. The van der Waals surface area contributed by atoms with Gasteiger partial charge in [0.25, 0.3) is 0 Å². The lowest BCUT2D eigenvalue weighted by atomic mass is 9.84. The number of nitrogens with two attached hydrogens (primary N) is 1. The summed E-state index contributed by atoms with van der Waals surface area (Å²) >= 11 is 1.59. The van der Waals surface area contributed by atoms with Crippen molar-refractivity contribution in [3.8, 4) is 0 Å². The maximum atomic E-state index is 10.1. The van der Waals surface area contributed by atoms with E-state index in [1.54, 1.807) is 11.3 Å². The largest absolute Gasteiger partial charge is 0.386 e. The molecule has 1 aromatic heterocycles. The van der Waals surface area contributed by atoms with E-state index in [4.69, 9.17) is 5.73 Å². The molecule has 0 bridgehead atoms. The van der Waals surface area contributed by atoms with Crippen LogP contribution in [0.15, 0.2) is 17.5 Å². The Balaban J connectivity index is 1.84. The predicted octanol–water partition coefficient (Wildman–Crippen LogP) is 3.08. The molecule has 0 spiro atoms. The van der Waals surface area contributed by atoms with Crippen molar-refractivity contribution in [3.63, 3.8) is 0 Å². The second-order valence-electron chi connectivity index (χ2n) is 4.86. The van der Waals surface area contributed by atoms with Gasteiger partial charge in [0.1, 0.15) is 6.10 Å². The van der Waals surface area contributed by atoms with Gasteiger partial charge in [0.15, 0.2) is 0 Å². The summed E-state index contributed by atoms with van der Waals surface area (Å²) in [6, 6.07) is 3.84. The van der Waals surface area contributed by atoms with Gasteiger partial charge in [-0.25, -0.2) is 0 Å². The van der Waals surface area contributed by atoms with Crippen molar-refractivity contribution in [1.29, 1.82) is 0 Å². The Hall–Kier alpha value is -0.380. The highest BCUT2D eigenvalue weighted by Crippen LogP contribution is 2.30. The Bertz CT molecular complexity index is 293. The molecule has 1 aliphatic rings. The number of rotatable bonds is 4. The fraction of sp³-hybridized carbons (Fsp3) is 0.692. The van der Waals surface area contributed by atoms with E-state index in [-0.39, 0.29) is 6.04 Å². The molecule has 90 valence electrons. The van der Waals surface area contributed by atoms with Crippen molar-refractivity contribution in [2.45, 2.75) is 50.7 Å². The molecular formula is C13H21NOS. The lowest BCUT2D eigenvalue weighted by molar-refractivity contribution is 0.131. The second-order valence-corrected chi connectivity index (χ2v) is 5.84. The first-order valence-electron chi connectivity index (χ1n) is 6.24. The van der Waals surface area contributed by atoms with Gasteiger partial charge < -0.3 is 10.8 Å². The van der Waals surface area contributed by atoms with E-state index in [0.29, 0.717) is 0 Å². The van der Waals surface area contributed by atoms with Crippen molar-refractivity contribution < 1.29 is 5.11 Å². The average molecular weight is 239 g/mol. The van der Waals surface area contributed by atoms with Gasteiger partial charge in [-0.1, -0.05) is 38.2 Å². The number of hydrogen-bond donors (Lipinski definition) is 2. The van der Waals surface area contributed by atoms with Gasteiger partial charge in [0.2, 0.25) is 0 Å². The Morgan fingerprint density at radius 3 is 2.75 bits per heavy atom. The van der Waals surface area contributed by atoms with E-state index in [2.05, 4.69) is 0 Å². The molecule has 3 N–H and O–H groups in total. The van der Waals surface area contributed by atoms with Crippen LogP contribution in [0.5, 0.6) is 0 Å². The summed E-state index contributed by atoms with van der Waals surface area (Å²) in [7, 11) is 0. The number of hydrogen-bond acceptors (Lipinski definition) is 3. The molecule has 2 nitrogen and oxygen atoms in total. The van der Waals surface area contributed by atoms with Crippen LogP contribution in [0.1, 0.15) is 49.5 Å². The number of aliphatic hydroxyl groups is 1. The third kappa shape index (κ3) is 3.06. The quantitative estimate of drug-likeness (QED) is 0.848. The molecule has 1 aromatic rings. The Kier molecular flexibility index (Phi) is 4.38. The monoisotopic (exact) mass is 239 g/mol. The van der Waals surface area contributed by atoms with Gasteiger partial charge in [-0.05, 0) is 23.8 Å². The van der Waals surface area contributed by atoms with Crippen LogP contribution in [0.25, 0.3) is 0 Å². The van der Waals surface area contributed by atoms with Crippen molar-refractivity contribution in [2.24, 2.45) is 11.7 Å². The molecule has 0 radical (unpaired) electrons. The lowest BCUT2D eigenvalue weighted by Gasteiger charge is -2.26. The van der Waals surface area contributed by atoms with Crippen molar-refractivity contribution in [2.75, 3.05) is 0 Å². The molecule has 16 heavy (non-hydrogen) atoms. The third-order valence-corrected chi connectivity index (χ3v) is 4.51. The number of thiophene rings is 1. The average Bonchev–Trinajstić information content (AvgIpc) is 2.83. The van der Waals surface area contributed by atoms with Gasteiger partial charge in [0.05, 0.1) is 0 Å². The SMILES string of the molecule is NC(CC1CCCCC1)[C@@H](O)c1cccs1. The van der Waals surface area contributed by atoms with Crippen LogP contribution >= 0.6 is 11.3 Å². The normalized spacial score (nSPS) is 21.9. The maximum absolute atomic E-state index is 10.1. The van der Waals surface area contributed by atoms with E-state index in [9.17, 15) is 5.11 Å². The first-order chi connectivity index (χ1) is 7.77. The zero-order valence-electron chi connectivity index (χ0n) is 9.64. The molecule has 1 unspecified atom stereocenters.